The van der Waals surface area contributed by atoms with Crippen molar-refractivity contribution in [2.75, 3.05) is 12.4 Å². The second kappa shape index (κ2) is 8.17. The van der Waals surface area contributed by atoms with Crippen molar-refractivity contribution in [2.24, 2.45) is 0 Å². The number of carbonyl (C=O) groups is 1. The number of benzene rings is 2. The molecule has 1 amide bonds. The quantitative estimate of drug-likeness (QED) is 0.556. The molecule has 4 nitrogen and oxygen atoms in total. The molecule has 0 heterocycles. The molecule has 0 bridgehead atoms. The zero-order valence-corrected chi connectivity index (χ0v) is 16.3. The zero-order valence-electron chi connectivity index (χ0n) is 14.1. The largest absolute Gasteiger partial charge is 0.496 e. The minimum absolute atomic E-state index is 0.354. The Morgan fingerprint density at radius 2 is 1.80 bits per heavy atom. The predicted octanol–water partition coefficient (Wildman–Crippen LogP) is 4.85. The van der Waals surface area contributed by atoms with Crippen LogP contribution in [0.5, 0.6) is 5.75 Å². The van der Waals surface area contributed by atoms with Crippen LogP contribution in [0.4, 0.5) is 5.69 Å². The smallest absolute Gasteiger partial charge is 0.256 e. The van der Waals surface area contributed by atoms with Crippen molar-refractivity contribution in [1.29, 1.82) is 0 Å². The summed E-state index contributed by atoms with van der Waals surface area (Å²) in [7, 11) is 1.49. The first kappa shape index (κ1) is 19.7. The molecule has 0 unspecified atom stereocenters. The van der Waals surface area contributed by atoms with Gasteiger partial charge in [0.25, 0.3) is 5.91 Å². The maximum atomic E-state index is 12.6. The van der Waals surface area contributed by atoms with E-state index in [0.29, 0.717) is 11.3 Å². The molecule has 0 fully saturated rings. The molecular formula is C18H19Cl3N2O2. The maximum absolute atomic E-state index is 12.6. The van der Waals surface area contributed by atoms with Gasteiger partial charge in [-0.25, -0.2) is 0 Å². The number of amides is 1. The molecule has 7 heteroatoms. The van der Waals surface area contributed by atoms with E-state index < -0.39 is 15.9 Å². The molecule has 0 spiro atoms. The topological polar surface area (TPSA) is 50.4 Å². The van der Waals surface area contributed by atoms with Gasteiger partial charge < -0.3 is 15.4 Å². The number of halogens is 3. The van der Waals surface area contributed by atoms with Crippen LogP contribution in [0.1, 0.15) is 21.5 Å². The summed E-state index contributed by atoms with van der Waals surface area (Å²) >= 11 is 18.2. The highest BCUT2D eigenvalue weighted by molar-refractivity contribution is 6.68. The summed E-state index contributed by atoms with van der Waals surface area (Å²) in [5.41, 5.74) is 3.15. The first-order valence-corrected chi connectivity index (χ1v) is 8.70. The van der Waals surface area contributed by atoms with E-state index in [1.54, 1.807) is 24.3 Å². The van der Waals surface area contributed by atoms with Gasteiger partial charge in [0.05, 0.1) is 12.7 Å². The Morgan fingerprint density at radius 1 is 1.12 bits per heavy atom. The molecule has 25 heavy (non-hydrogen) atoms. The van der Waals surface area contributed by atoms with Crippen LogP contribution in [0.2, 0.25) is 0 Å². The summed E-state index contributed by atoms with van der Waals surface area (Å²) in [6.07, 6.45) is -0.935. The Bertz CT molecular complexity index is 760. The van der Waals surface area contributed by atoms with Gasteiger partial charge in [-0.3, -0.25) is 4.79 Å². The lowest BCUT2D eigenvalue weighted by Gasteiger charge is -2.28. The SMILES string of the molecule is COc1ccccc1C(=O)N[C@H](Nc1cc(C)ccc1C)C(Cl)(Cl)Cl. The van der Waals surface area contributed by atoms with Crippen LogP contribution in [0.25, 0.3) is 0 Å². The number of anilines is 1. The summed E-state index contributed by atoms with van der Waals surface area (Å²) in [5.74, 6) is 0.0291. The van der Waals surface area contributed by atoms with Gasteiger partial charge in [-0.15, -0.1) is 0 Å². The van der Waals surface area contributed by atoms with Crippen LogP contribution in [0.3, 0.4) is 0 Å². The molecule has 0 saturated heterocycles. The number of aryl methyl sites for hydroxylation is 2. The molecule has 0 aliphatic rings. The minimum atomic E-state index is -1.76. The molecule has 134 valence electrons. The number of methoxy groups -OCH3 is 1. The van der Waals surface area contributed by atoms with Crippen LogP contribution in [-0.2, 0) is 0 Å². The van der Waals surface area contributed by atoms with E-state index >= 15 is 0 Å². The number of hydrogen-bond donors (Lipinski definition) is 2. The van der Waals surface area contributed by atoms with E-state index in [2.05, 4.69) is 10.6 Å². The van der Waals surface area contributed by atoms with Gasteiger partial charge in [-0.2, -0.15) is 0 Å². The van der Waals surface area contributed by atoms with Crippen LogP contribution >= 0.6 is 34.8 Å². The lowest BCUT2D eigenvalue weighted by Crippen LogP contribution is -2.49. The minimum Gasteiger partial charge on any atom is -0.496 e. The summed E-state index contributed by atoms with van der Waals surface area (Å²) in [6, 6.07) is 12.7. The van der Waals surface area contributed by atoms with Crippen LogP contribution in [0.15, 0.2) is 42.5 Å². The summed E-state index contributed by atoms with van der Waals surface area (Å²) in [6.45, 7) is 3.89. The Hall–Kier alpha value is -1.62. The fourth-order valence-electron chi connectivity index (χ4n) is 2.29. The van der Waals surface area contributed by atoms with Crippen LogP contribution in [0, 0.1) is 13.8 Å². The van der Waals surface area contributed by atoms with E-state index in [1.165, 1.54) is 7.11 Å². The zero-order chi connectivity index (χ0) is 18.6. The van der Waals surface area contributed by atoms with E-state index in [-0.39, 0.29) is 0 Å². The molecular weight excluding hydrogens is 383 g/mol. The van der Waals surface area contributed by atoms with Gasteiger partial charge in [0.2, 0.25) is 3.79 Å². The fourth-order valence-corrected chi connectivity index (χ4v) is 2.61. The van der Waals surface area contributed by atoms with Gasteiger partial charge in [0.1, 0.15) is 11.9 Å². The lowest BCUT2D eigenvalue weighted by atomic mass is 10.1. The van der Waals surface area contributed by atoms with E-state index in [0.717, 1.165) is 16.8 Å². The third-order valence-corrected chi connectivity index (χ3v) is 4.30. The van der Waals surface area contributed by atoms with E-state index in [9.17, 15) is 4.79 Å². The number of alkyl halides is 3. The van der Waals surface area contributed by atoms with Gasteiger partial charge in [-0.05, 0) is 43.2 Å². The number of para-hydroxylation sites is 1. The van der Waals surface area contributed by atoms with Gasteiger partial charge >= 0.3 is 0 Å². The van der Waals surface area contributed by atoms with Crippen molar-refractivity contribution >= 4 is 46.4 Å². The molecule has 2 aromatic rings. The Balaban J connectivity index is 2.27. The van der Waals surface area contributed by atoms with Gasteiger partial charge in [0.15, 0.2) is 0 Å². The van der Waals surface area contributed by atoms with Crippen molar-refractivity contribution in [3.8, 4) is 5.75 Å². The molecule has 0 aromatic heterocycles. The predicted molar refractivity (Wildman–Crippen MR) is 104 cm³/mol. The monoisotopic (exact) mass is 400 g/mol. The van der Waals surface area contributed by atoms with Crippen molar-refractivity contribution in [3.05, 3.63) is 59.2 Å². The Labute approximate surface area is 162 Å². The molecule has 2 N–H and O–H groups in total. The molecule has 0 aliphatic heterocycles. The molecule has 0 aliphatic carbocycles. The highest BCUT2D eigenvalue weighted by atomic mass is 35.6. The fraction of sp³-hybridized carbons (Fsp3) is 0.278. The first-order chi connectivity index (χ1) is 11.7. The molecule has 1 atom stereocenters. The van der Waals surface area contributed by atoms with Gasteiger partial charge in [-0.1, -0.05) is 59.1 Å². The number of ether oxygens (including phenoxy) is 1. The van der Waals surface area contributed by atoms with Crippen molar-refractivity contribution < 1.29 is 9.53 Å². The lowest BCUT2D eigenvalue weighted by molar-refractivity contribution is 0.0939. The van der Waals surface area contributed by atoms with E-state index in [1.807, 2.05) is 32.0 Å². The second-order valence-electron chi connectivity index (χ2n) is 5.61. The summed E-state index contributed by atoms with van der Waals surface area (Å²) in [5, 5.41) is 5.81. The maximum Gasteiger partial charge on any atom is 0.256 e. The van der Waals surface area contributed by atoms with Crippen molar-refractivity contribution in [1.82, 2.24) is 5.32 Å². The third-order valence-electron chi connectivity index (χ3n) is 3.65. The molecule has 2 aromatic carbocycles. The number of hydrogen-bond acceptors (Lipinski definition) is 3. The average molecular weight is 402 g/mol. The van der Waals surface area contributed by atoms with E-state index in [4.69, 9.17) is 39.5 Å². The summed E-state index contributed by atoms with van der Waals surface area (Å²) in [4.78, 5) is 12.6. The first-order valence-electron chi connectivity index (χ1n) is 7.56. The molecule has 0 radical (unpaired) electrons. The normalized spacial score (nSPS) is 12.4. The van der Waals surface area contributed by atoms with Crippen molar-refractivity contribution in [2.45, 2.75) is 23.8 Å². The Morgan fingerprint density at radius 3 is 2.44 bits per heavy atom. The van der Waals surface area contributed by atoms with Gasteiger partial charge in [0, 0.05) is 5.69 Å². The van der Waals surface area contributed by atoms with Crippen LogP contribution in [-0.4, -0.2) is 23.0 Å². The van der Waals surface area contributed by atoms with Crippen LogP contribution < -0.4 is 15.4 Å². The number of rotatable bonds is 5. The number of nitrogens with one attached hydrogen (secondary N) is 2. The Kier molecular flexibility index (Phi) is 6.44. The summed E-state index contributed by atoms with van der Waals surface area (Å²) < 4.78 is 3.45. The number of carbonyl (C=O) groups excluding carboxylic acids is 1. The second-order valence-corrected chi connectivity index (χ2v) is 7.98. The molecule has 0 saturated carbocycles. The third kappa shape index (κ3) is 5.18. The average Bonchev–Trinajstić information content (AvgIpc) is 2.56. The highest BCUT2D eigenvalue weighted by Crippen LogP contribution is 2.32. The standard InChI is InChI=1S/C18H19Cl3N2O2/c1-11-8-9-12(2)14(10-11)22-17(18(19,20)21)23-16(24)13-6-4-5-7-15(13)25-3/h4-10,17,22H,1-3H3,(H,23,24)/t17-/m0/s1. The van der Waals surface area contributed by atoms with Crippen molar-refractivity contribution in [3.63, 3.8) is 0 Å². The molecule has 2 rings (SSSR count). The highest BCUT2D eigenvalue weighted by Gasteiger charge is 2.35.